The zero-order valence-electron chi connectivity index (χ0n) is 14.7. The Morgan fingerprint density at radius 3 is 2.74 bits per heavy atom. The highest BCUT2D eigenvalue weighted by Crippen LogP contribution is 2.27. The third kappa shape index (κ3) is 4.43. The first-order chi connectivity index (χ1) is 13.2. The van der Waals surface area contributed by atoms with Gasteiger partial charge in [0.1, 0.15) is 12.4 Å². The molecule has 1 aromatic carbocycles. The van der Waals surface area contributed by atoms with Crippen LogP contribution in [0.1, 0.15) is 24.4 Å². The molecule has 27 heavy (non-hydrogen) atoms. The van der Waals surface area contributed by atoms with Crippen LogP contribution in [0.15, 0.2) is 49.1 Å². The van der Waals surface area contributed by atoms with Crippen LogP contribution in [0.25, 0.3) is 11.1 Å². The normalized spacial score (nSPS) is 15.0. The van der Waals surface area contributed by atoms with Crippen LogP contribution in [0.4, 0.5) is 0 Å². The van der Waals surface area contributed by atoms with Crippen molar-refractivity contribution in [3.05, 3.63) is 64.7 Å². The number of hydrogen-bond donors (Lipinski definition) is 1. The molecule has 2 aromatic heterocycles. The lowest BCUT2D eigenvalue weighted by atomic mass is 10.1. The van der Waals surface area contributed by atoms with Crippen LogP contribution in [0.5, 0.6) is 5.75 Å². The number of hydrogen-bond acceptors (Lipinski definition) is 4. The summed E-state index contributed by atoms with van der Waals surface area (Å²) in [5.74, 6) is 0.688. The molecule has 0 unspecified atom stereocenters. The van der Waals surface area contributed by atoms with Crippen LogP contribution in [0.2, 0.25) is 10.0 Å². The molecule has 4 rings (SSSR count). The Kier molecular flexibility index (Phi) is 5.62. The van der Waals surface area contributed by atoms with Crippen molar-refractivity contribution in [2.45, 2.75) is 25.5 Å². The number of piperidine rings is 1. The first-order valence-electron chi connectivity index (χ1n) is 8.96. The van der Waals surface area contributed by atoms with Gasteiger partial charge in [-0.3, -0.25) is 9.67 Å². The molecule has 1 fully saturated rings. The van der Waals surface area contributed by atoms with Crippen LogP contribution < -0.4 is 10.1 Å². The van der Waals surface area contributed by atoms with Gasteiger partial charge in [-0.05, 0) is 44.1 Å². The molecule has 0 saturated carbocycles. The van der Waals surface area contributed by atoms with Gasteiger partial charge in [-0.15, -0.1) is 0 Å². The molecule has 0 radical (unpaired) electrons. The van der Waals surface area contributed by atoms with Crippen molar-refractivity contribution in [2.24, 2.45) is 0 Å². The maximum Gasteiger partial charge on any atom is 0.138 e. The SMILES string of the molecule is Clc1ccc(COc2cncc(-c3cnn(C4CCNCC4)c3)c2)c(Cl)c1. The van der Waals surface area contributed by atoms with Crippen molar-refractivity contribution in [3.63, 3.8) is 0 Å². The number of benzene rings is 1. The van der Waals surface area contributed by atoms with Gasteiger partial charge < -0.3 is 10.1 Å². The van der Waals surface area contributed by atoms with Gasteiger partial charge >= 0.3 is 0 Å². The Morgan fingerprint density at radius 2 is 1.93 bits per heavy atom. The molecule has 0 atom stereocenters. The molecule has 1 aliphatic rings. The second-order valence-corrected chi connectivity index (χ2v) is 7.47. The number of halogens is 2. The molecule has 0 aliphatic carbocycles. The summed E-state index contributed by atoms with van der Waals surface area (Å²) in [5.41, 5.74) is 2.90. The molecular formula is C20H20Cl2N4O. The lowest BCUT2D eigenvalue weighted by Crippen LogP contribution is -2.29. The average molecular weight is 403 g/mol. The van der Waals surface area contributed by atoms with E-state index in [1.807, 2.05) is 24.5 Å². The van der Waals surface area contributed by atoms with Gasteiger partial charge in [0, 0.05) is 39.1 Å². The monoisotopic (exact) mass is 402 g/mol. The molecule has 0 amide bonds. The highest BCUT2D eigenvalue weighted by atomic mass is 35.5. The molecule has 1 N–H and O–H groups in total. The summed E-state index contributed by atoms with van der Waals surface area (Å²) in [7, 11) is 0. The average Bonchev–Trinajstić information content (AvgIpc) is 3.19. The molecule has 0 bridgehead atoms. The standard InChI is InChI=1S/C20H20Cl2N4O/c21-17-2-1-14(20(22)8-17)13-27-19-7-15(9-24-11-19)16-10-25-26(12-16)18-3-5-23-6-4-18/h1-2,7-12,18,23H,3-6,13H2. The van der Waals surface area contributed by atoms with Crippen molar-refractivity contribution in [2.75, 3.05) is 13.1 Å². The Labute approximate surface area is 168 Å². The van der Waals surface area contributed by atoms with Gasteiger partial charge in [0.2, 0.25) is 0 Å². The summed E-state index contributed by atoms with van der Waals surface area (Å²) < 4.78 is 7.94. The first kappa shape index (κ1) is 18.3. The second-order valence-electron chi connectivity index (χ2n) is 6.62. The molecule has 5 nitrogen and oxygen atoms in total. The fourth-order valence-corrected chi connectivity index (χ4v) is 3.68. The molecule has 3 aromatic rings. The van der Waals surface area contributed by atoms with Crippen molar-refractivity contribution in [1.29, 1.82) is 0 Å². The predicted octanol–water partition coefficient (Wildman–Crippen LogP) is 4.76. The molecule has 140 valence electrons. The van der Waals surface area contributed by atoms with E-state index in [0.717, 1.165) is 42.6 Å². The van der Waals surface area contributed by atoms with E-state index in [-0.39, 0.29) is 0 Å². The van der Waals surface area contributed by atoms with Crippen LogP contribution >= 0.6 is 23.2 Å². The minimum atomic E-state index is 0.357. The van der Waals surface area contributed by atoms with Gasteiger partial charge in [0.15, 0.2) is 0 Å². The number of ether oxygens (including phenoxy) is 1. The van der Waals surface area contributed by atoms with Crippen molar-refractivity contribution >= 4 is 23.2 Å². The fraction of sp³-hybridized carbons (Fsp3) is 0.300. The largest absolute Gasteiger partial charge is 0.487 e. The summed E-state index contributed by atoms with van der Waals surface area (Å²) in [6.07, 6.45) is 9.71. The third-order valence-corrected chi connectivity index (χ3v) is 5.33. The highest BCUT2D eigenvalue weighted by Gasteiger charge is 2.16. The summed E-state index contributed by atoms with van der Waals surface area (Å²) in [6.45, 7) is 2.44. The Morgan fingerprint density at radius 1 is 1.07 bits per heavy atom. The van der Waals surface area contributed by atoms with E-state index in [1.165, 1.54) is 0 Å². The van der Waals surface area contributed by atoms with Crippen LogP contribution in [0.3, 0.4) is 0 Å². The van der Waals surface area contributed by atoms with Crippen LogP contribution in [0, 0.1) is 0 Å². The van der Waals surface area contributed by atoms with E-state index in [1.54, 1.807) is 18.3 Å². The predicted molar refractivity (Wildman–Crippen MR) is 107 cm³/mol. The summed E-state index contributed by atoms with van der Waals surface area (Å²) in [5, 5.41) is 9.13. The maximum atomic E-state index is 6.20. The van der Waals surface area contributed by atoms with Crippen molar-refractivity contribution in [1.82, 2.24) is 20.1 Å². The Balaban J connectivity index is 1.46. The number of rotatable bonds is 5. The molecule has 1 saturated heterocycles. The van der Waals surface area contributed by atoms with E-state index in [9.17, 15) is 0 Å². The molecule has 1 aliphatic heterocycles. The van der Waals surface area contributed by atoms with Gasteiger partial charge in [-0.1, -0.05) is 29.3 Å². The number of pyridine rings is 1. The zero-order valence-corrected chi connectivity index (χ0v) is 16.2. The van der Waals surface area contributed by atoms with Gasteiger partial charge in [0.05, 0.1) is 18.4 Å². The van der Waals surface area contributed by atoms with E-state index < -0.39 is 0 Å². The lowest BCUT2D eigenvalue weighted by molar-refractivity contribution is 0.305. The van der Waals surface area contributed by atoms with Crippen LogP contribution in [-0.2, 0) is 6.61 Å². The molecular weight excluding hydrogens is 383 g/mol. The minimum Gasteiger partial charge on any atom is -0.487 e. The highest BCUT2D eigenvalue weighted by molar-refractivity contribution is 6.35. The van der Waals surface area contributed by atoms with Gasteiger partial charge in [-0.25, -0.2) is 0 Å². The molecule has 7 heteroatoms. The smallest absolute Gasteiger partial charge is 0.138 e. The van der Waals surface area contributed by atoms with E-state index in [4.69, 9.17) is 27.9 Å². The van der Waals surface area contributed by atoms with Crippen LogP contribution in [-0.4, -0.2) is 27.9 Å². The van der Waals surface area contributed by atoms with E-state index >= 15 is 0 Å². The Hall–Kier alpha value is -2.08. The fourth-order valence-electron chi connectivity index (χ4n) is 3.21. The van der Waals surface area contributed by atoms with E-state index in [0.29, 0.717) is 28.4 Å². The summed E-state index contributed by atoms with van der Waals surface area (Å²) >= 11 is 12.1. The number of aromatic nitrogens is 3. The molecule has 0 spiro atoms. The number of nitrogens with one attached hydrogen (secondary N) is 1. The van der Waals surface area contributed by atoms with Gasteiger partial charge in [0.25, 0.3) is 0 Å². The van der Waals surface area contributed by atoms with E-state index in [2.05, 4.69) is 26.3 Å². The summed E-state index contributed by atoms with van der Waals surface area (Å²) in [4.78, 5) is 4.31. The maximum absolute atomic E-state index is 6.20. The van der Waals surface area contributed by atoms with Crippen molar-refractivity contribution in [3.8, 4) is 16.9 Å². The lowest BCUT2D eigenvalue weighted by Gasteiger charge is -2.22. The first-order valence-corrected chi connectivity index (χ1v) is 9.71. The second kappa shape index (κ2) is 8.30. The topological polar surface area (TPSA) is 52.0 Å². The molecule has 3 heterocycles. The minimum absolute atomic E-state index is 0.357. The Bertz CT molecular complexity index is 922. The zero-order chi connectivity index (χ0) is 18.6. The summed E-state index contributed by atoms with van der Waals surface area (Å²) in [6, 6.07) is 7.81. The number of nitrogens with zero attached hydrogens (tertiary/aromatic N) is 3. The quantitative estimate of drug-likeness (QED) is 0.668. The van der Waals surface area contributed by atoms with Gasteiger partial charge in [-0.2, -0.15) is 5.10 Å². The van der Waals surface area contributed by atoms with Crippen molar-refractivity contribution < 1.29 is 4.74 Å². The third-order valence-electron chi connectivity index (χ3n) is 4.74.